The monoisotopic (exact) mass is 271 g/mol. The van der Waals surface area contributed by atoms with Crippen LogP contribution < -0.4 is 5.73 Å². The van der Waals surface area contributed by atoms with Gasteiger partial charge in [-0.2, -0.15) is 4.98 Å². The van der Waals surface area contributed by atoms with Gasteiger partial charge in [-0.15, -0.1) is 0 Å². The first kappa shape index (κ1) is 12.9. The number of nitrogens with two attached hydrogens (primary N) is 1. The molecule has 0 radical (unpaired) electrons. The standard InChI is InChI=1S/C11H11ClFN3O2/c1-17-9(5-14)11-15-10(16-18-11)6-2-3-8(13)7(12)4-6/h2-4,9H,5,14H2,1H3. The van der Waals surface area contributed by atoms with E-state index >= 15 is 0 Å². The van der Waals surface area contributed by atoms with E-state index in [1.54, 1.807) is 0 Å². The smallest absolute Gasteiger partial charge is 0.257 e. The molecule has 0 fully saturated rings. The van der Waals surface area contributed by atoms with E-state index in [2.05, 4.69) is 10.1 Å². The highest BCUT2D eigenvalue weighted by atomic mass is 35.5. The average Bonchev–Trinajstić information content (AvgIpc) is 2.84. The van der Waals surface area contributed by atoms with Gasteiger partial charge in [0.05, 0.1) is 5.02 Å². The van der Waals surface area contributed by atoms with Gasteiger partial charge < -0.3 is 15.0 Å². The van der Waals surface area contributed by atoms with Gasteiger partial charge in [-0.05, 0) is 18.2 Å². The number of benzene rings is 1. The first-order valence-electron chi connectivity index (χ1n) is 5.17. The van der Waals surface area contributed by atoms with Crippen LogP contribution in [0.5, 0.6) is 0 Å². The minimum Gasteiger partial charge on any atom is -0.370 e. The first-order chi connectivity index (χ1) is 8.65. The Hall–Kier alpha value is -1.50. The van der Waals surface area contributed by atoms with Gasteiger partial charge >= 0.3 is 0 Å². The van der Waals surface area contributed by atoms with Crippen molar-refractivity contribution < 1.29 is 13.7 Å². The van der Waals surface area contributed by atoms with E-state index in [1.807, 2.05) is 0 Å². The molecule has 2 aromatic rings. The summed E-state index contributed by atoms with van der Waals surface area (Å²) in [5.41, 5.74) is 6.04. The Morgan fingerprint density at radius 3 is 2.94 bits per heavy atom. The van der Waals surface area contributed by atoms with Crippen molar-refractivity contribution in [3.05, 3.63) is 34.9 Å². The molecule has 0 amide bonds. The molecule has 1 atom stereocenters. The van der Waals surface area contributed by atoms with E-state index in [-0.39, 0.29) is 17.5 Å². The number of rotatable bonds is 4. The lowest BCUT2D eigenvalue weighted by Gasteiger charge is -2.05. The maximum atomic E-state index is 13.0. The van der Waals surface area contributed by atoms with Crippen LogP contribution in [0.4, 0.5) is 4.39 Å². The van der Waals surface area contributed by atoms with Crippen molar-refractivity contribution in [3.63, 3.8) is 0 Å². The molecule has 1 aromatic carbocycles. The average molecular weight is 272 g/mol. The van der Waals surface area contributed by atoms with E-state index in [9.17, 15) is 4.39 Å². The van der Waals surface area contributed by atoms with Crippen LogP contribution in [0.15, 0.2) is 22.7 Å². The predicted octanol–water partition coefficient (Wildman–Crippen LogP) is 2.18. The summed E-state index contributed by atoms with van der Waals surface area (Å²) in [4.78, 5) is 4.13. The summed E-state index contributed by atoms with van der Waals surface area (Å²) >= 11 is 5.68. The zero-order valence-electron chi connectivity index (χ0n) is 9.56. The molecule has 18 heavy (non-hydrogen) atoms. The molecular weight excluding hydrogens is 261 g/mol. The largest absolute Gasteiger partial charge is 0.370 e. The highest BCUT2D eigenvalue weighted by Crippen LogP contribution is 2.24. The molecule has 2 N–H and O–H groups in total. The zero-order chi connectivity index (χ0) is 13.1. The predicted molar refractivity (Wildman–Crippen MR) is 63.5 cm³/mol. The Kier molecular flexibility index (Phi) is 3.90. The number of halogens is 2. The summed E-state index contributed by atoms with van der Waals surface area (Å²) in [6, 6.07) is 4.18. The number of nitrogens with zero attached hydrogens (tertiary/aromatic N) is 2. The molecule has 0 saturated carbocycles. The molecule has 0 aliphatic heterocycles. The van der Waals surface area contributed by atoms with Crippen LogP contribution in [0.25, 0.3) is 11.4 Å². The minimum absolute atomic E-state index is 0.000895. The molecule has 0 spiro atoms. The Morgan fingerprint density at radius 1 is 1.56 bits per heavy atom. The van der Waals surface area contributed by atoms with E-state index < -0.39 is 11.9 Å². The second-order valence-electron chi connectivity index (χ2n) is 3.55. The number of methoxy groups -OCH3 is 1. The molecule has 2 rings (SSSR count). The minimum atomic E-state index is -0.499. The van der Waals surface area contributed by atoms with Crippen molar-refractivity contribution in [3.8, 4) is 11.4 Å². The third kappa shape index (κ3) is 2.50. The molecule has 0 bridgehead atoms. The first-order valence-corrected chi connectivity index (χ1v) is 5.55. The second kappa shape index (κ2) is 5.43. The highest BCUT2D eigenvalue weighted by molar-refractivity contribution is 6.31. The number of hydrogen-bond donors (Lipinski definition) is 1. The van der Waals surface area contributed by atoms with Crippen LogP contribution in [-0.4, -0.2) is 23.8 Å². The lowest BCUT2D eigenvalue weighted by Crippen LogP contribution is -2.14. The number of aromatic nitrogens is 2. The van der Waals surface area contributed by atoms with E-state index in [1.165, 1.54) is 25.3 Å². The van der Waals surface area contributed by atoms with Crippen molar-refractivity contribution in [1.29, 1.82) is 0 Å². The van der Waals surface area contributed by atoms with Crippen LogP contribution in [0.1, 0.15) is 12.0 Å². The molecule has 7 heteroatoms. The molecule has 5 nitrogen and oxygen atoms in total. The third-order valence-electron chi connectivity index (χ3n) is 2.39. The van der Waals surface area contributed by atoms with Crippen molar-refractivity contribution in [1.82, 2.24) is 10.1 Å². The fraction of sp³-hybridized carbons (Fsp3) is 0.273. The quantitative estimate of drug-likeness (QED) is 0.922. The SMILES string of the molecule is COC(CN)c1nc(-c2ccc(F)c(Cl)c2)no1. The summed E-state index contributed by atoms with van der Waals surface area (Å²) in [6.07, 6.45) is -0.456. The lowest BCUT2D eigenvalue weighted by molar-refractivity contribution is 0.0804. The van der Waals surface area contributed by atoms with Gasteiger partial charge in [0.2, 0.25) is 5.82 Å². The zero-order valence-corrected chi connectivity index (χ0v) is 10.3. The van der Waals surface area contributed by atoms with Gasteiger partial charge in [-0.1, -0.05) is 16.8 Å². The second-order valence-corrected chi connectivity index (χ2v) is 3.95. The van der Waals surface area contributed by atoms with Gasteiger partial charge in [0.1, 0.15) is 11.9 Å². The van der Waals surface area contributed by atoms with Gasteiger partial charge in [0.15, 0.2) is 0 Å². The molecular formula is C11H11ClFN3O2. The Balaban J connectivity index is 2.31. The van der Waals surface area contributed by atoms with E-state index in [4.69, 9.17) is 26.6 Å². The maximum Gasteiger partial charge on any atom is 0.257 e. The van der Waals surface area contributed by atoms with Crippen LogP contribution in [0.2, 0.25) is 5.02 Å². The van der Waals surface area contributed by atoms with Crippen LogP contribution in [0, 0.1) is 5.82 Å². The summed E-state index contributed by atoms with van der Waals surface area (Å²) in [6.45, 7) is 0.225. The molecule has 1 heterocycles. The van der Waals surface area contributed by atoms with Gasteiger partial charge in [-0.3, -0.25) is 0 Å². The Labute approximate surface area is 108 Å². The van der Waals surface area contributed by atoms with Gasteiger partial charge in [0, 0.05) is 19.2 Å². The van der Waals surface area contributed by atoms with E-state index in [0.717, 1.165) is 0 Å². The van der Waals surface area contributed by atoms with Gasteiger partial charge in [0.25, 0.3) is 5.89 Å². The lowest BCUT2D eigenvalue weighted by atomic mass is 10.2. The molecule has 1 aromatic heterocycles. The molecule has 0 saturated heterocycles. The molecule has 1 unspecified atom stereocenters. The fourth-order valence-electron chi connectivity index (χ4n) is 1.42. The van der Waals surface area contributed by atoms with Crippen LogP contribution in [-0.2, 0) is 4.74 Å². The van der Waals surface area contributed by atoms with Crippen LogP contribution in [0.3, 0.4) is 0 Å². The summed E-state index contributed by atoms with van der Waals surface area (Å²) in [7, 11) is 1.50. The molecule has 0 aliphatic rings. The number of ether oxygens (including phenoxy) is 1. The normalized spacial score (nSPS) is 12.7. The fourth-order valence-corrected chi connectivity index (χ4v) is 1.60. The van der Waals surface area contributed by atoms with Crippen LogP contribution >= 0.6 is 11.6 Å². The van der Waals surface area contributed by atoms with Crippen molar-refractivity contribution >= 4 is 11.6 Å². The van der Waals surface area contributed by atoms with Crippen molar-refractivity contribution in [2.75, 3.05) is 13.7 Å². The summed E-state index contributed by atoms with van der Waals surface area (Å²) in [5, 5.41) is 3.77. The number of hydrogen-bond acceptors (Lipinski definition) is 5. The topological polar surface area (TPSA) is 74.2 Å². The Bertz CT molecular complexity index is 543. The summed E-state index contributed by atoms with van der Waals surface area (Å²) in [5.74, 6) is 0.0821. The van der Waals surface area contributed by atoms with Crippen molar-refractivity contribution in [2.24, 2.45) is 5.73 Å². The summed E-state index contributed by atoms with van der Waals surface area (Å²) < 4.78 is 23.1. The van der Waals surface area contributed by atoms with Crippen molar-refractivity contribution in [2.45, 2.75) is 6.10 Å². The molecule has 0 aliphatic carbocycles. The Morgan fingerprint density at radius 2 is 2.33 bits per heavy atom. The van der Waals surface area contributed by atoms with E-state index in [0.29, 0.717) is 11.4 Å². The highest BCUT2D eigenvalue weighted by Gasteiger charge is 2.18. The van der Waals surface area contributed by atoms with Gasteiger partial charge in [-0.25, -0.2) is 4.39 Å². The molecule has 96 valence electrons. The third-order valence-corrected chi connectivity index (χ3v) is 2.68. The maximum absolute atomic E-state index is 13.0.